The van der Waals surface area contributed by atoms with E-state index in [0.29, 0.717) is 5.92 Å². The van der Waals surface area contributed by atoms with Gasteiger partial charge in [-0.15, -0.1) is 0 Å². The molecule has 0 aliphatic heterocycles. The second kappa shape index (κ2) is 7.83. The van der Waals surface area contributed by atoms with E-state index in [4.69, 9.17) is 0 Å². The maximum atomic E-state index is 12.8. The third-order valence-corrected chi connectivity index (χ3v) is 3.72. The van der Waals surface area contributed by atoms with E-state index in [2.05, 4.69) is 22.9 Å². The maximum absolute atomic E-state index is 12.8. The zero-order chi connectivity index (χ0) is 11.8. The van der Waals surface area contributed by atoms with Crippen LogP contribution in [0.2, 0.25) is 0 Å². The zero-order valence-electron chi connectivity index (χ0n) is 9.89. The fourth-order valence-electron chi connectivity index (χ4n) is 1.89. The largest absolute Gasteiger partial charge is 0.207 e. The van der Waals surface area contributed by atoms with Gasteiger partial charge in [-0.05, 0) is 30.0 Å². The minimum atomic E-state index is -0.150. The van der Waals surface area contributed by atoms with Crippen LogP contribution in [0.3, 0.4) is 0 Å². The van der Waals surface area contributed by atoms with Gasteiger partial charge >= 0.3 is 0 Å². The molecule has 0 bridgehead atoms. The van der Waals surface area contributed by atoms with Crippen molar-refractivity contribution >= 4 is 15.9 Å². The van der Waals surface area contributed by atoms with E-state index in [9.17, 15) is 4.39 Å². The Morgan fingerprint density at radius 3 is 2.38 bits per heavy atom. The molecule has 1 rings (SSSR count). The van der Waals surface area contributed by atoms with E-state index in [0.717, 1.165) is 5.33 Å². The highest BCUT2D eigenvalue weighted by atomic mass is 79.9. The monoisotopic (exact) mass is 286 g/mol. The lowest BCUT2D eigenvalue weighted by molar-refractivity contribution is 0.583. The van der Waals surface area contributed by atoms with E-state index in [1.165, 1.54) is 37.7 Å². The van der Waals surface area contributed by atoms with E-state index < -0.39 is 0 Å². The number of unbranched alkanes of at least 4 members (excludes halogenated alkanes) is 3. The van der Waals surface area contributed by atoms with Crippen molar-refractivity contribution in [2.75, 3.05) is 5.33 Å². The predicted molar refractivity (Wildman–Crippen MR) is 71.7 cm³/mol. The van der Waals surface area contributed by atoms with Crippen LogP contribution < -0.4 is 0 Å². The Morgan fingerprint density at radius 1 is 1.12 bits per heavy atom. The van der Waals surface area contributed by atoms with Crippen LogP contribution in [0.1, 0.15) is 50.5 Å². The second-order valence-electron chi connectivity index (χ2n) is 4.25. The zero-order valence-corrected chi connectivity index (χ0v) is 11.5. The van der Waals surface area contributed by atoms with Gasteiger partial charge in [-0.25, -0.2) is 4.39 Å². The van der Waals surface area contributed by atoms with Crippen LogP contribution in [-0.4, -0.2) is 5.33 Å². The molecule has 0 aliphatic rings. The fourth-order valence-corrected chi connectivity index (χ4v) is 2.58. The molecule has 0 aromatic heterocycles. The number of hydrogen-bond donors (Lipinski definition) is 0. The molecule has 0 aliphatic carbocycles. The summed E-state index contributed by atoms with van der Waals surface area (Å²) in [5, 5.41) is 0.963. The Labute approximate surface area is 106 Å². The fraction of sp³-hybridized carbons (Fsp3) is 0.571. The van der Waals surface area contributed by atoms with Gasteiger partial charge in [0.05, 0.1) is 0 Å². The van der Waals surface area contributed by atoms with Crippen LogP contribution in [0.15, 0.2) is 24.3 Å². The van der Waals surface area contributed by atoms with Gasteiger partial charge in [0.25, 0.3) is 0 Å². The van der Waals surface area contributed by atoms with Crippen molar-refractivity contribution in [1.29, 1.82) is 0 Å². The van der Waals surface area contributed by atoms with Crippen LogP contribution in [-0.2, 0) is 0 Å². The summed E-state index contributed by atoms with van der Waals surface area (Å²) < 4.78 is 12.8. The van der Waals surface area contributed by atoms with Crippen molar-refractivity contribution in [3.8, 4) is 0 Å². The topological polar surface area (TPSA) is 0 Å². The average Bonchev–Trinajstić information content (AvgIpc) is 2.31. The first kappa shape index (κ1) is 13.7. The molecule has 0 radical (unpaired) electrons. The van der Waals surface area contributed by atoms with Gasteiger partial charge in [-0.1, -0.05) is 60.7 Å². The van der Waals surface area contributed by atoms with Crippen LogP contribution in [0.4, 0.5) is 4.39 Å². The van der Waals surface area contributed by atoms with E-state index in [1.807, 2.05) is 12.1 Å². The standard InChI is InChI=1S/C14H20BrF/c1-2-3-4-5-6-13(11-15)12-7-9-14(16)10-8-12/h7-10,13H,2-6,11H2,1H3. The van der Waals surface area contributed by atoms with Crippen LogP contribution in [0.25, 0.3) is 0 Å². The van der Waals surface area contributed by atoms with Crippen molar-refractivity contribution in [1.82, 2.24) is 0 Å². The lowest BCUT2D eigenvalue weighted by Crippen LogP contribution is -2.00. The Hall–Kier alpha value is -0.370. The summed E-state index contributed by atoms with van der Waals surface area (Å²) in [6.07, 6.45) is 6.35. The van der Waals surface area contributed by atoms with Crippen molar-refractivity contribution < 1.29 is 4.39 Å². The lowest BCUT2D eigenvalue weighted by atomic mass is 9.95. The molecule has 0 saturated carbocycles. The maximum Gasteiger partial charge on any atom is 0.123 e. The van der Waals surface area contributed by atoms with Gasteiger partial charge in [0, 0.05) is 5.33 Å². The summed E-state index contributed by atoms with van der Waals surface area (Å²) in [4.78, 5) is 0. The molecule has 0 amide bonds. The second-order valence-corrected chi connectivity index (χ2v) is 4.90. The summed E-state index contributed by atoms with van der Waals surface area (Å²) in [5.41, 5.74) is 1.25. The van der Waals surface area contributed by atoms with Crippen molar-refractivity contribution in [2.24, 2.45) is 0 Å². The molecule has 0 fully saturated rings. The molecule has 1 unspecified atom stereocenters. The third kappa shape index (κ3) is 4.65. The van der Waals surface area contributed by atoms with Gasteiger partial charge in [0.1, 0.15) is 5.82 Å². The summed E-state index contributed by atoms with van der Waals surface area (Å²) in [6.45, 7) is 2.22. The first-order chi connectivity index (χ1) is 7.77. The van der Waals surface area contributed by atoms with Gasteiger partial charge < -0.3 is 0 Å². The summed E-state index contributed by atoms with van der Waals surface area (Å²) in [6, 6.07) is 6.91. The molecule has 1 aromatic rings. The third-order valence-electron chi connectivity index (χ3n) is 2.93. The van der Waals surface area contributed by atoms with Crippen LogP contribution in [0, 0.1) is 5.82 Å². The molecule has 90 valence electrons. The highest BCUT2D eigenvalue weighted by Gasteiger charge is 2.09. The van der Waals surface area contributed by atoms with Crippen molar-refractivity contribution in [3.05, 3.63) is 35.6 Å². The number of hydrogen-bond acceptors (Lipinski definition) is 0. The molecular weight excluding hydrogens is 267 g/mol. The quantitative estimate of drug-likeness (QED) is 0.473. The highest BCUT2D eigenvalue weighted by Crippen LogP contribution is 2.24. The normalized spacial score (nSPS) is 12.7. The summed E-state index contributed by atoms with van der Waals surface area (Å²) >= 11 is 3.55. The van der Waals surface area contributed by atoms with E-state index >= 15 is 0 Å². The number of halogens is 2. The number of alkyl halides is 1. The highest BCUT2D eigenvalue weighted by molar-refractivity contribution is 9.09. The molecule has 0 saturated heterocycles. The molecule has 0 spiro atoms. The lowest BCUT2D eigenvalue weighted by Gasteiger charge is -2.14. The molecule has 0 N–H and O–H groups in total. The first-order valence-corrected chi connectivity index (χ1v) is 7.21. The molecular formula is C14H20BrF. The molecule has 0 nitrogen and oxygen atoms in total. The summed E-state index contributed by atoms with van der Waals surface area (Å²) in [7, 11) is 0. The smallest absolute Gasteiger partial charge is 0.123 e. The molecule has 0 heterocycles. The van der Waals surface area contributed by atoms with Crippen molar-refractivity contribution in [3.63, 3.8) is 0 Å². The molecule has 1 atom stereocenters. The van der Waals surface area contributed by atoms with Gasteiger partial charge in [-0.3, -0.25) is 0 Å². The minimum absolute atomic E-state index is 0.150. The molecule has 1 aromatic carbocycles. The van der Waals surface area contributed by atoms with E-state index in [1.54, 1.807) is 12.1 Å². The van der Waals surface area contributed by atoms with Gasteiger partial charge in [0.15, 0.2) is 0 Å². The average molecular weight is 287 g/mol. The first-order valence-electron chi connectivity index (χ1n) is 6.09. The summed E-state index contributed by atoms with van der Waals surface area (Å²) in [5.74, 6) is 0.375. The molecule has 16 heavy (non-hydrogen) atoms. The Bertz CT molecular complexity index is 281. The van der Waals surface area contributed by atoms with E-state index in [-0.39, 0.29) is 5.82 Å². The number of benzene rings is 1. The van der Waals surface area contributed by atoms with Gasteiger partial charge in [-0.2, -0.15) is 0 Å². The SMILES string of the molecule is CCCCCCC(CBr)c1ccc(F)cc1. The predicted octanol–water partition coefficient (Wildman–Crippen LogP) is 5.27. The Balaban J connectivity index is 2.44. The van der Waals surface area contributed by atoms with Crippen molar-refractivity contribution in [2.45, 2.75) is 44.9 Å². The number of rotatable bonds is 7. The van der Waals surface area contributed by atoms with Crippen LogP contribution >= 0.6 is 15.9 Å². The van der Waals surface area contributed by atoms with Crippen LogP contribution in [0.5, 0.6) is 0 Å². The minimum Gasteiger partial charge on any atom is -0.207 e. The molecule has 2 heteroatoms. The Kier molecular flexibility index (Phi) is 6.70. The van der Waals surface area contributed by atoms with Gasteiger partial charge in [0.2, 0.25) is 0 Å². The Morgan fingerprint density at radius 2 is 1.81 bits per heavy atom.